The van der Waals surface area contributed by atoms with Gasteiger partial charge in [0.15, 0.2) is 5.82 Å². The molecule has 1 aromatic heterocycles. The highest BCUT2D eigenvalue weighted by Crippen LogP contribution is 2.25. The molecule has 0 aliphatic heterocycles. The molecule has 1 heterocycles. The van der Waals surface area contributed by atoms with Crippen LogP contribution in [0.1, 0.15) is 50.2 Å². The van der Waals surface area contributed by atoms with Gasteiger partial charge in [0.1, 0.15) is 11.6 Å². The molecular formula is C24H26F2N2. The van der Waals surface area contributed by atoms with E-state index in [1.54, 1.807) is 43.6 Å². The minimum atomic E-state index is -0.290. The van der Waals surface area contributed by atoms with Gasteiger partial charge in [0.05, 0.1) is 0 Å². The Morgan fingerprint density at radius 3 is 2.21 bits per heavy atom. The largest absolute Gasteiger partial charge is 0.236 e. The molecule has 0 unspecified atom stereocenters. The molecule has 3 aromatic rings. The number of unbranched alkanes of at least 4 members (excludes halogenated alkanes) is 4. The second kappa shape index (κ2) is 9.54. The molecule has 146 valence electrons. The van der Waals surface area contributed by atoms with Crippen LogP contribution < -0.4 is 0 Å². The maximum Gasteiger partial charge on any atom is 0.159 e. The first kappa shape index (κ1) is 20.1. The summed E-state index contributed by atoms with van der Waals surface area (Å²) in [6.45, 7) is 3.91. The number of aryl methyl sites for hydroxylation is 2. The quantitative estimate of drug-likeness (QED) is 0.397. The van der Waals surface area contributed by atoms with Crippen molar-refractivity contribution in [2.24, 2.45) is 0 Å². The van der Waals surface area contributed by atoms with Gasteiger partial charge < -0.3 is 0 Å². The fraction of sp³-hybridized carbons (Fsp3) is 0.333. The Balaban J connectivity index is 1.70. The van der Waals surface area contributed by atoms with Crippen LogP contribution in [0.5, 0.6) is 0 Å². The summed E-state index contributed by atoms with van der Waals surface area (Å²) < 4.78 is 28.3. The molecule has 2 aromatic carbocycles. The zero-order valence-electron chi connectivity index (χ0n) is 16.5. The van der Waals surface area contributed by atoms with E-state index in [0.29, 0.717) is 28.1 Å². The summed E-state index contributed by atoms with van der Waals surface area (Å²) in [5.41, 5.74) is 3.30. The van der Waals surface area contributed by atoms with E-state index < -0.39 is 0 Å². The molecule has 3 rings (SSSR count). The van der Waals surface area contributed by atoms with Gasteiger partial charge in [0, 0.05) is 29.1 Å². The third-order valence-electron chi connectivity index (χ3n) is 5.00. The molecule has 0 aliphatic rings. The van der Waals surface area contributed by atoms with Crippen LogP contribution in [0.15, 0.2) is 48.8 Å². The minimum Gasteiger partial charge on any atom is -0.236 e. The highest BCUT2D eigenvalue weighted by molar-refractivity contribution is 5.64. The first-order chi connectivity index (χ1) is 13.6. The number of benzene rings is 2. The molecule has 0 amide bonds. The number of hydrogen-bond donors (Lipinski definition) is 0. The second-order valence-electron chi connectivity index (χ2n) is 7.24. The first-order valence-corrected chi connectivity index (χ1v) is 9.96. The van der Waals surface area contributed by atoms with Gasteiger partial charge in [0.2, 0.25) is 0 Å². The Bertz CT molecular complexity index is 920. The molecule has 28 heavy (non-hydrogen) atoms. The van der Waals surface area contributed by atoms with Crippen LogP contribution in [-0.4, -0.2) is 9.97 Å². The Morgan fingerprint density at radius 2 is 1.54 bits per heavy atom. The molecule has 0 radical (unpaired) electrons. The predicted molar refractivity (Wildman–Crippen MR) is 110 cm³/mol. The average Bonchev–Trinajstić information content (AvgIpc) is 2.70. The Kier molecular flexibility index (Phi) is 6.85. The smallest absolute Gasteiger partial charge is 0.159 e. The molecule has 0 aliphatic carbocycles. The summed E-state index contributed by atoms with van der Waals surface area (Å²) in [5, 5.41) is 0. The van der Waals surface area contributed by atoms with Gasteiger partial charge in [0.25, 0.3) is 0 Å². The van der Waals surface area contributed by atoms with Crippen molar-refractivity contribution < 1.29 is 8.78 Å². The predicted octanol–water partition coefficient (Wildman–Crippen LogP) is 6.91. The molecule has 0 spiro atoms. The summed E-state index contributed by atoms with van der Waals surface area (Å²) in [4.78, 5) is 8.59. The standard InChI is InChI=1S/C24H26F2N2/c1-3-4-5-6-7-8-18-10-12-21(23(26)13-18)20-15-27-24(28-16-20)19-11-9-17(2)22(25)14-19/h9-16H,3-8H2,1-2H3. The van der Waals surface area contributed by atoms with E-state index in [-0.39, 0.29) is 11.6 Å². The average molecular weight is 380 g/mol. The van der Waals surface area contributed by atoms with Crippen molar-refractivity contribution in [3.05, 3.63) is 71.6 Å². The van der Waals surface area contributed by atoms with E-state index in [0.717, 1.165) is 18.4 Å². The lowest BCUT2D eigenvalue weighted by molar-refractivity contribution is 0.618. The van der Waals surface area contributed by atoms with Crippen molar-refractivity contribution in [3.63, 3.8) is 0 Å². The number of halogens is 2. The van der Waals surface area contributed by atoms with E-state index in [1.165, 1.54) is 31.7 Å². The normalized spacial score (nSPS) is 11.0. The summed E-state index contributed by atoms with van der Waals surface area (Å²) >= 11 is 0. The summed E-state index contributed by atoms with van der Waals surface area (Å²) in [7, 11) is 0. The number of nitrogens with zero attached hydrogens (tertiary/aromatic N) is 2. The molecule has 0 saturated carbocycles. The van der Waals surface area contributed by atoms with Crippen LogP contribution in [0.2, 0.25) is 0 Å². The molecular weight excluding hydrogens is 354 g/mol. The van der Waals surface area contributed by atoms with Crippen LogP contribution in [0, 0.1) is 18.6 Å². The topological polar surface area (TPSA) is 25.8 Å². The van der Waals surface area contributed by atoms with Gasteiger partial charge in [-0.25, -0.2) is 18.7 Å². The van der Waals surface area contributed by atoms with Crippen LogP contribution in [0.3, 0.4) is 0 Å². The van der Waals surface area contributed by atoms with Gasteiger partial charge in [-0.05, 0) is 43.0 Å². The molecule has 0 atom stereocenters. The number of hydrogen-bond acceptors (Lipinski definition) is 2. The zero-order chi connectivity index (χ0) is 19.9. The minimum absolute atomic E-state index is 0.260. The van der Waals surface area contributed by atoms with Crippen molar-refractivity contribution in [1.82, 2.24) is 9.97 Å². The lowest BCUT2D eigenvalue weighted by Gasteiger charge is -2.08. The summed E-state index contributed by atoms with van der Waals surface area (Å²) in [5.74, 6) is -0.128. The third kappa shape index (κ3) is 5.00. The van der Waals surface area contributed by atoms with Crippen molar-refractivity contribution in [3.8, 4) is 22.5 Å². The SMILES string of the molecule is CCCCCCCc1ccc(-c2cnc(-c3ccc(C)c(F)c3)nc2)c(F)c1. The van der Waals surface area contributed by atoms with Crippen molar-refractivity contribution in [2.75, 3.05) is 0 Å². The fourth-order valence-corrected chi connectivity index (χ4v) is 3.23. The summed E-state index contributed by atoms with van der Waals surface area (Å²) in [6, 6.07) is 10.3. The fourth-order valence-electron chi connectivity index (χ4n) is 3.23. The monoisotopic (exact) mass is 380 g/mol. The lowest BCUT2D eigenvalue weighted by atomic mass is 10.0. The van der Waals surface area contributed by atoms with Crippen molar-refractivity contribution in [2.45, 2.75) is 52.4 Å². The molecule has 0 fully saturated rings. The second-order valence-corrected chi connectivity index (χ2v) is 7.24. The Hall–Kier alpha value is -2.62. The lowest BCUT2D eigenvalue weighted by Crippen LogP contribution is -1.94. The van der Waals surface area contributed by atoms with Crippen LogP contribution >= 0.6 is 0 Å². The maximum atomic E-state index is 14.6. The summed E-state index contributed by atoms with van der Waals surface area (Å²) in [6.07, 6.45) is 10.1. The first-order valence-electron chi connectivity index (χ1n) is 9.96. The molecule has 2 nitrogen and oxygen atoms in total. The van der Waals surface area contributed by atoms with Crippen LogP contribution in [0.4, 0.5) is 8.78 Å². The number of rotatable bonds is 8. The van der Waals surface area contributed by atoms with E-state index >= 15 is 0 Å². The molecule has 0 bridgehead atoms. The van der Waals surface area contributed by atoms with Crippen molar-refractivity contribution >= 4 is 0 Å². The highest BCUT2D eigenvalue weighted by atomic mass is 19.1. The molecule has 0 N–H and O–H groups in total. The maximum absolute atomic E-state index is 14.6. The third-order valence-corrected chi connectivity index (χ3v) is 5.00. The van der Waals surface area contributed by atoms with Gasteiger partial charge in [-0.2, -0.15) is 0 Å². The van der Waals surface area contributed by atoms with Crippen LogP contribution in [0.25, 0.3) is 22.5 Å². The van der Waals surface area contributed by atoms with E-state index in [1.807, 2.05) is 6.07 Å². The van der Waals surface area contributed by atoms with Gasteiger partial charge >= 0.3 is 0 Å². The zero-order valence-corrected chi connectivity index (χ0v) is 16.5. The van der Waals surface area contributed by atoms with Crippen molar-refractivity contribution in [1.29, 1.82) is 0 Å². The van der Waals surface area contributed by atoms with Gasteiger partial charge in [-0.15, -0.1) is 0 Å². The molecule has 0 saturated heterocycles. The van der Waals surface area contributed by atoms with E-state index in [4.69, 9.17) is 0 Å². The van der Waals surface area contributed by atoms with Gasteiger partial charge in [-0.3, -0.25) is 0 Å². The highest BCUT2D eigenvalue weighted by Gasteiger charge is 2.09. The van der Waals surface area contributed by atoms with E-state index in [2.05, 4.69) is 16.9 Å². The molecule has 4 heteroatoms. The van der Waals surface area contributed by atoms with E-state index in [9.17, 15) is 8.78 Å². The van der Waals surface area contributed by atoms with Gasteiger partial charge in [-0.1, -0.05) is 56.9 Å². The Labute approximate surface area is 165 Å². The number of aromatic nitrogens is 2. The van der Waals surface area contributed by atoms with Crippen LogP contribution in [-0.2, 0) is 6.42 Å². The Morgan fingerprint density at radius 1 is 0.786 bits per heavy atom.